The summed E-state index contributed by atoms with van der Waals surface area (Å²) in [6, 6.07) is 17.4. The molecule has 0 spiro atoms. The molecule has 3 nitrogen and oxygen atoms in total. The predicted molar refractivity (Wildman–Crippen MR) is 95.7 cm³/mol. The fourth-order valence-electron chi connectivity index (χ4n) is 3.30. The van der Waals surface area contributed by atoms with E-state index >= 15 is 0 Å². The lowest BCUT2D eigenvalue weighted by molar-refractivity contribution is 0.211. The second-order valence-electron chi connectivity index (χ2n) is 6.97. The van der Waals surface area contributed by atoms with Crippen LogP contribution in [0.2, 0.25) is 0 Å². The van der Waals surface area contributed by atoms with Crippen LogP contribution < -0.4 is 0 Å². The lowest BCUT2D eigenvalue weighted by Crippen LogP contribution is -2.09. The Labute approximate surface area is 142 Å². The number of hydrogen-bond acceptors (Lipinski definition) is 2. The Kier molecular flexibility index (Phi) is 3.95. The molecule has 0 radical (unpaired) electrons. The minimum Gasteiger partial charge on any atom is -0.396 e. The molecule has 3 aromatic rings. The minimum absolute atomic E-state index is 0.155. The van der Waals surface area contributed by atoms with Crippen LogP contribution in [-0.4, -0.2) is 21.3 Å². The molecule has 0 amide bonds. The lowest BCUT2D eigenvalue weighted by atomic mass is 9.94. The van der Waals surface area contributed by atoms with Gasteiger partial charge in [-0.2, -0.15) is 0 Å². The lowest BCUT2D eigenvalue weighted by Gasteiger charge is -2.13. The molecule has 0 bridgehead atoms. The fourth-order valence-corrected chi connectivity index (χ4v) is 3.30. The molecule has 0 unspecified atom stereocenters. The van der Waals surface area contributed by atoms with Crippen molar-refractivity contribution in [3.05, 3.63) is 78.4 Å². The molecule has 24 heavy (non-hydrogen) atoms. The van der Waals surface area contributed by atoms with E-state index in [1.54, 1.807) is 0 Å². The van der Waals surface area contributed by atoms with Gasteiger partial charge in [0.05, 0.1) is 6.33 Å². The molecular weight excluding hydrogens is 296 g/mol. The highest BCUT2D eigenvalue weighted by atomic mass is 16.3. The first-order valence-corrected chi connectivity index (χ1v) is 8.51. The summed E-state index contributed by atoms with van der Waals surface area (Å²) < 4.78 is 2.08. The molecule has 0 atom stereocenters. The third-order valence-electron chi connectivity index (χ3n) is 4.98. The Morgan fingerprint density at radius 2 is 1.71 bits per heavy atom. The summed E-state index contributed by atoms with van der Waals surface area (Å²) in [6.45, 7) is 1.14. The molecule has 0 aliphatic heterocycles. The van der Waals surface area contributed by atoms with Crippen LogP contribution in [0.5, 0.6) is 0 Å². The number of imidazole rings is 1. The van der Waals surface area contributed by atoms with Crippen molar-refractivity contribution in [1.29, 1.82) is 0 Å². The Morgan fingerprint density at radius 1 is 1.00 bits per heavy atom. The molecule has 1 fully saturated rings. The van der Waals surface area contributed by atoms with Crippen LogP contribution >= 0.6 is 0 Å². The highest BCUT2D eigenvalue weighted by molar-refractivity contribution is 5.65. The van der Waals surface area contributed by atoms with Gasteiger partial charge in [-0.3, -0.25) is 0 Å². The molecule has 1 aliphatic carbocycles. The number of nitrogens with zero attached hydrogens (tertiary/aromatic N) is 2. The zero-order valence-electron chi connectivity index (χ0n) is 13.7. The van der Waals surface area contributed by atoms with Crippen molar-refractivity contribution in [1.82, 2.24) is 9.55 Å². The maximum absolute atomic E-state index is 9.56. The summed E-state index contributed by atoms with van der Waals surface area (Å²) in [4.78, 5) is 4.10. The normalized spacial score (nSPS) is 15.4. The van der Waals surface area contributed by atoms with Crippen molar-refractivity contribution < 1.29 is 5.11 Å². The van der Waals surface area contributed by atoms with Gasteiger partial charge in [0, 0.05) is 25.5 Å². The standard InChI is InChI=1S/C21H22N2O/c24-15-21(7-8-21)13-17-3-1-5-19(11-17)20-6-2-4-18(12-20)14-23-10-9-22-16-23/h1-6,9-12,16,24H,7-8,13-15H2. The molecule has 1 saturated carbocycles. The Balaban J connectivity index is 1.57. The number of aliphatic hydroxyl groups excluding tert-OH is 1. The van der Waals surface area contributed by atoms with Crippen LogP contribution in [0.1, 0.15) is 24.0 Å². The number of benzene rings is 2. The van der Waals surface area contributed by atoms with Gasteiger partial charge in [0.15, 0.2) is 0 Å². The predicted octanol–water partition coefficient (Wildman–Crippen LogP) is 3.91. The van der Waals surface area contributed by atoms with E-state index in [9.17, 15) is 5.11 Å². The Bertz CT molecular complexity index is 819. The van der Waals surface area contributed by atoms with E-state index in [0.717, 1.165) is 25.8 Å². The first-order chi connectivity index (χ1) is 11.8. The van der Waals surface area contributed by atoms with Crippen LogP contribution in [-0.2, 0) is 13.0 Å². The molecular formula is C21H22N2O. The number of aromatic nitrogens is 2. The van der Waals surface area contributed by atoms with Gasteiger partial charge in [-0.25, -0.2) is 4.98 Å². The number of aliphatic hydroxyl groups is 1. The second-order valence-corrected chi connectivity index (χ2v) is 6.97. The van der Waals surface area contributed by atoms with Crippen molar-refractivity contribution in [2.24, 2.45) is 5.41 Å². The SMILES string of the molecule is OCC1(Cc2cccc(-c3cccc(Cn4ccnc4)c3)c2)CC1. The van der Waals surface area contributed by atoms with E-state index < -0.39 is 0 Å². The van der Waals surface area contributed by atoms with Crippen LogP contribution in [0.25, 0.3) is 11.1 Å². The van der Waals surface area contributed by atoms with E-state index in [2.05, 4.69) is 58.1 Å². The molecule has 2 aromatic carbocycles. The first kappa shape index (κ1) is 15.2. The Hall–Kier alpha value is -2.39. The van der Waals surface area contributed by atoms with Gasteiger partial charge in [-0.1, -0.05) is 42.5 Å². The molecule has 3 heteroatoms. The maximum Gasteiger partial charge on any atom is 0.0949 e. The summed E-state index contributed by atoms with van der Waals surface area (Å²) in [5.74, 6) is 0. The van der Waals surface area contributed by atoms with Gasteiger partial charge in [-0.05, 0) is 53.0 Å². The molecule has 4 rings (SSSR count). The summed E-state index contributed by atoms with van der Waals surface area (Å²) >= 11 is 0. The van der Waals surface area contributed by atoms with Crippen molar-refractivity contribution in [3.8, 4) is 11.1 Å². The van der Waals surface area contributed by atoms with Crippen molar-refractivity contribution in [2.75, 3.05) is 6.61 Å². The molecule has 122 valence electrons. The largest absolute Gasteiger partial charge is 0.396 e. The second kappa shape index (κ2) is 6.25. The third-order valence-corrected chi connectivity index (χ3v) is 4.98. The van der Waals surface area contributed by atoms with Gasteiger partial charge in [-0.15, -0.1) is 0 Å². The average molecular weight is 318 g/mol. The molecule has 1 aromatic heterocycles. The van der Waals surface area contributed by atoms with Crippen LogP contribution in [0.4, 0.5) is 0 Å². The van der Waals surface area contributed by atoms with Gasteiger partial charge in [0.2, 0.25) is 0 Å². The Morgan fingerprint density at radius 3 is 2.33 bits per heavy atom. The molecule has 1 aliphatic rings. The van der Waals surface area contributed by atoms with Gasteiger partial charge < -0.3 is 9.67 Å². The van der Waals surface area contributed by atoms with Crippen LogP contribution in [0.3, 0.4) is 0 Å². The number of rotatable bonds is 6. The average Bonchev–Trinajstić information content (AvgIpc) is 3.20. The van der Waals surface area contributed by atoms with Crippen molar-refractivity contribution in [2.45, 2.75) is 25.8 Å². The summed E-state index contributed by atoms with van der Waals surface area (Å²) in [5.41, 5.74) is 5.23. The zero-order valence-corrected chi connectivity index (χ0v) is 13.7. The van der Waals surface area contributed by atoms with Crippen molar-refractivity contribution in [3.63, 3.8) is 0 Å². The van der Waals surface area contributed by atoms with E-state index in [1.165, 1.54) is 22.3 Å². The highest BCUT2D eigenvalue weighted by Gasteiger charge is 2.41. The van der Waals surface area contributed by atoms with Crippen molar-refractivity contribution >= 4 is 0 Å². The maximum atomic E-state index is 9.56. The smallest absolute Gasteiger partial charge is 0.0949 e. The zero-order chi connectivity index (χ0) is 16.4. The van der Waals surface area contributed by atoms with E-state index in [0.29, 0.717) is 6.61 Å². The third kappa shape index (κ3) is 3.26. The first-order valence-electron chi connectivity index (χ1n) is 8.51. The monoisotopic (exact) mass is 318 g/mol. The molecule has 0 saturated heterocycles. The van der Waals surface area contributed by atoms with E-state index in [-0.39, 0.29) is 5.41 Å². The van der Waals surface area contributed by atoms with Gasteiger partial charge in [0.1, 0.15) is 0 Å². The summed E-state index contributed by atoms with van der Waals surface area (Å²) in [5, 5.41) is 9.56. The summed E-state index contributed by atoms with van der Waals surface area (Å²) in [7, 11) is 0. The number of hydrogen-bond donors (Lipinski definition) is 1. The van der Waals surface area contributed by atoms with Crippen LogP contribution in [0.15, 0.2) is 67.3 Å². The highest BCUT2D eigenvalue weighted by Crippen LogP contribution is 2.48. The van der Waals surface area contributed by atoms with Gasteiger partial charge in [0.25, 0.3) is 0 Å². The topological polar surface area (TPSA) is 38.0 Å². The fraction of sp³-hybridized carbons (Fsp3) is 0.286. The molecule has 1 N–H and O–H groups in total. The van der Waals surface area contributed by atoms with Crippen LogP contribution in [0, 0.1) is 5.41 Å². The van der Waals surface area contributed by atoms with E-state index in [4.69, 9.17) is 0 Å². The van der Waals surface area contributed by atoms with Gasteiger partial charge >= 0.3 is 0 Å². The summed E-state index contributed by atoms with van der Waals surface area (Å²) in [6.07, 6.45) is 8.91. The quantitative estimate of drug-likeness (QED) is 0.748. The van der Waals surface area contributed by atoms with E-state index in [1.807, 2.05) is 18.7 Å². The molecule has 1 heterocycles. The minimum atomic E-state index is 0.155.